The van der Waals surface area contributed by atoms with Crippen LogP contribution in [0.1, 0.15) is 12.8 Å². The van der Waals surface area contributed by atoms with Gasteiger partial charge in [0.25, 0.3) is 0 Å². The van der Waals surface area contributed by atoms with Gasteiger partial charge >= 0.3 is 16.3 Å². The molecule has 7 heteroatoms. The van der Waals surface area contributed by atoms with Crippen LogP contribution in [-0.2, 0) is 14.5 Å². The van der Waals surface area contributed by atoms with Crippen LogP contribution in [0.25, 0.3) is 0 Å². The molecule has 1 fully saturated rings. The Balaban J connectivity index is 2.48. The molecule has 0 atom stereocenters. The highest BCUT2D eigenvalue weighted by Crippen LogP contribution is 2.08. The van der Waals surface area contributed by atoms with Crippen LogP contribution in [0.15, 0.2) is 0 Å². The van der Waals surface area contributed by atoms with E-state index in [1.165, 1.54) is 4.90 Å². The molecular weight excluding hydrogens is 182 g/mol. The van der Waals surface area contributed by atoms with Crippen molar-refractivity contribution in [1.29, 1.82) is 5.41 Å². The second-order valence-electron chi connectivity index (χ2n) is 2.58. The van der Waals surface area contributed by atoms with E-state index in [0.29, 0.717) is 13.1 Å². The molecule has 0 aromatic heterocycles. The molecule has 1 saturated heterocycles. The van der Waals surface area contributed by atoms with Gasteiger partial charge in [-0.2, -0.15) is 13.6 Å². The fourth-order valence-electron chi connectivity index (χ4n) is 1.08. The van der Waals surface area contributed by atoms with E-state index in [4.69, 9.17) is 5.41 Å². The molecule has 0 amide bonds. The number of nitrogens with two attached hydrogens (primary N) is 1. The fourth-order valence-corrected chi connectivity index (χ4v) is 1.41. The summed E-state index contributed by atoms with van der Waals surface area (Å²) in [7, 11) is -4.03. The first-order valence-corrected chi connectivity index (χ1v) is 5.02. The van der Waals surface area contributed by atoms with Crippen LogP contribution in [-0.4, -0.2) is 32.4 Å². The van der Waals surface area contributed by atoms with E-state index in [1.54, 1.807) is 0 Å². The van der Waals surface area contributed by atoms with Crippen molar-refractivity contribution in [2.75, 3.05) is 13.1 Å². The van der Waals surface area contributed by atoms with Crippen LogP contribution < -0.4 is 5.14 Å². The maximum absolute atomic E-state index is 10.4. The average molecular weight is 193 g/mol. The molecule has 1 aliphatic rings. The van der Waals surface area contributed by atoms with Crippen molar-refractivity contribution in [2.45, 2.75) is 12.8 Å². The molecule has 3 N–H and O–H groups in total. The lowest BCUT2D eigenvalue weighted by molar-refractivity contribution is 0.381. The van der Waals surface area contributed by atoms with Gasteiger partial charge in [-0.25, -0.2) is 0 Å². The van der Waals surface area contributed by atoms with Gasteiger partial charge in [-0.15, -0.1) is 0 Å². The summed E-state index contributed by atoms with van der Waals surface area (Å²) >= 11 is 0. The number of rotatable bonds is 1. The highest BCUT2D eigenvalue weighted by molar-refractivity contribution is 7.84. The zero-order valence-electron chi connectivity index (χ0n) is 6.49. The third kappa shape index (κ3) is 2.67. The van der Waals surface area contributed by atoms with Crippen molar-refractivity contribution in [3.05, 3.63) is 0 Å². The Morgan fingerprint density at radius 2 is 1.92 bits per heavy atom. The van der Waals surface area contributed by atoms with E-state index in [-0.39, 0.29) is 6.02 Å². The largest absolute Gasteiger partial charge is 0.382 e. The lowest BCUT2D eigenvalue weighted by atomic mass is 10.4. The summed E-state index contributed by atoms with van der Waals surface area (Å²) < 4.78 is 25.0. The molecule has 6 nitrogen and oxygen atoms in total. The lowest BCUT2D eigenvalue weighted by Crippen LogP contribution is -2.33. The predicted octanol–water partition coefficient (Wildman–Crippen LogP) is -0.763. The minimum Gasteiger partial charge on any atom is -0.334 e. The van der Waals surface area contributed by atoms with Gasteiger partial charge in [-0.3, -0.25) is 5.41 Å². The van der Waals surface area contributed by atoms with Gasteiger partial charge in [0, 0.05) is 13.1 Å². The molecule has 0 aromatic carbocycles. The Kier molecular flexibility index (Phi) is 2.53. The second-order valence-corrected chi connectivity index (χ2v) is 3.73. The molecule has 12 heavy (non-hydrogen) atoms. The Labute approximate surface area is 71.1 Å². The standard InChI is InChI=1S/C5H11N3O3S/c6-5(11-12(7,9)10)8-3-1-2-4-8/h6H,1-4H2,(H2,7,9,10). The maximum Gasteiger partial charge on any atom is 0.382 e. The number of nitrogens with zero attached hydrogens (tertiary/aromatic N) is 1. The lowest BCUT2D eigenvalue weighted by Gasteiger charge is -2.15. The van der Waals surface area contributed by atoms with E-state index in [0.717, 1.165) is 12.8 Å². The molecule has 0 spiro atoms. The van der Waals surface area contributed by atoms with Crippen molar-refractivity contribution < 1.29 is 12.6 Å². The summed E-state index contributed by atoms with van der Waals surface area (Å²) in [5.41, 5.74) is 0. The van der Waals surface area contributed by atoms with Gasteiger partial charge in [-0.05, 0) is 12.8 Å². The fraction of sp³-hybridized carbons (Fsp3) is 0.800. The third-order valence-electron chi connectivity index (χ3n) is 1.59. The zero-order chi connectivity index (χ0) is 9.19. The summed E-state index contributed by atoms with van der Waals surface area (Å²) in [6, 6.07) is -0.380. The van der Waals surface area contributed by atoms with Gasteiger partial charge < -0.3 is 9.08 Å². The van der Waals surface area contributed by atoms with E-state index in [9.17, 15) is 8.42 Å². The Bertz CT molecular complexity index is 268. The number of nitrogens with one attached hydrogen (secondary N) is 1. The molecule has 1 rings (SSSR count). The first-order chi connectivity index (χ1) is 5.49. The highest BCUT2D eigenvalue weighted by Gasteiger charge is 2.19. The van der Waals surface area contributed by atoms with Gasteiger partial charge in [0.15, 0.2) is 0 Å². The SMILES string of the molecule is N=C(OS(N)(=O)=O)N1CCCC1. The van der Waals surface area contributed by atoms with Crippen LogP contribution in [0, 0.1) is 5.41 Å². The minimum absolute atomic E-state index is 0.380. The number of hydrogen-bond donors (Lipinski definition) is 2. The number of hydrogen-bond acceptors (Lipinski definition) is 4. The molecule has 0 unspecified atom stereocenters. The van der Waals surface area contributed by atoms with E-state index < -0.39 is 10.3 Å². The van der Waals surface area contributed by atoms with Crippen molar-refractivity contribution in [3.63, 3.8) is 0 Å². The topological polar surface area (TPSA) is 96.5 Å². The molecular formula is C5H11N3O3S. The summed E-state index contributed by atoms with van der Waals surface area (Å²) in [6.07, 6.45) is 1.91. The van der Waals surface area contributed by atoms with E-state index in [2.05, 4.69) is 9.32 Å². The molecule has 0 bridgehead atoms. The Hall–Kier alpha value is -0.820. The molecule has 0 radical (unpaired) electrons. The van der Waals surface area contributed by atoms with Crippen molar-refractivity contribution in [2.24, 2.45) is 5.14 Å². The van der Waals surface area contributed by atoms with Crippen LogP contribution in [0.5, 0.6) is 0 Å². The van der Waals surface area contributed by atoms with Gasteiger partial charge in [-0.1, -0.05) is 0 Å². The van der Waals surface area contributed by atoms with Crippen LogP contribution in [0.4, 0.5) is 0 Å². The number of amidine groups is 1. The van der Waals surface area contributed by atoms with Gasteiger partial charge in [0.05, 0.1) is 0 Å². The smallest absolute Gasteiger partial charge is 0.334 e. The van der Waals surface area contributed by atoms with Crippen molar-refractivity contribution in [3.8, 4) is 0 Å². The molecule has 0 aromatic rings. The summed E-state index contributed by atoms with van der Waals surface area (Å²) in [4.78, 5) is 1.53. The zero-order valence-corrected chi connectivity index (χ0v) is 7.30. The molecule has 70 valence electrons. The summed E-state index contributed by atoms with van der Waals surface area (Å²) in [5, 5.41) is 11.8. The highest BCUT2D eigenvalue weighted by atomic mass is 32.2. The van der Waals surface area contributed by atoms with E-state index >= 15 is 0 Å². The average Bonchev–Trinajstić information content (AvgIpc) is 2.32. The summed E-state index contributed by atoms with van der Waals surface area (Å²) in [5.74, 6) is 0. The Morgan fingerprint density at radius 3 is 2.33 bits per heavy atom. The van der Waals surface area contributed by atoms with Gasteiger partial charge in [0.2, 0.25) is 0 Å². The molecule has 0 aliphatic carbocycles. The number of likely N-dealkylation sites (tertiary alicyclic amines) is 1. The van der Waals surface area contributed by atoms with Crippen LogP contribution >= 0.6 is 0 Å². The van der Waals surface area contributed by atoms with Gasteiger partial charge in [0.1, 0.15) is 0 Å². The monoisotopic (exact) mass is 193 g/mol. The van der Waals surface area contributed by atoms with Crippen molar-refractivity contribution >= 4 is 16.3 Å². The quantitative estimate of drug-likeness (QED) is 0.422. The maximum atomic E-state index is 10.4. The summed E-state index contributed by atoms with van der Waals surface area (Å²) in [6.45, 7) is 1.32. The Morgan fingerprint density at radius 1 is 1.42 bits per heavy atom. The third-order valence-corrected chi connectivity index (χ3v) is 1.98. The van der Waals surface area contributed by atoms with Crippen molar-refractivity contribution in [1.82, 2.24) is 4.90 Å². The van der Waals surface area contributed by atoms with Crippen LogP contribution in [0.3, 0.4) is 0 Å². The minimum atomic E-state index is -4.03. The predicted molar refractivity (Wildman–Crippen MR) is 42.7 cm³/mol. The molecule has 1 aliphatic heterocycles. The molecule has 1 heterocycles. The second kappa shape index (κ2) is 3.28. The first kappa shape index (κ1) is 9.27. The molecule has 0 saturated carbocycles. The first-order valence-electron chi connectivity index (χ1n) is 3.55. The normalized spacial score (nSPS) is 17.9. The van der Waals surface area contributed by atoms with E-state index in [1.807, 2.05) is 0 Å². The van der Waals surface area contributed by atoms with Crippen LogP contribution in [0.2, 0.25) is 0 Å².